The van der Waals surface area contributed by atoms with Gasteiger partial charge in [-0.25, -0.2) is 0 Å². The van der Waals surface area contributed by atoms with Crippen LogP contribution in [0.1, 0.15) is 11.7 Å². The molecule has 0 aliphatic heterocycles. The summed E-state index contributed by atoms with van der Waals surface area (Å²) in [5.41, 5.74) is 0.801. The fourth-order valence-corrected chi connectivity index (χ4v) is 2.72. The molecular weight excluding hydrogens is 222 g/mol. The lowest BCUT2D eigenvalue weighted by atomic mass is 10.0. The molecule has 2 rings (SSSR count). The van der Waals surface area contributed by atoms with Crippen LogP contribution in [-0.2, 0) is 0 Å². The van der Waals surface area contributed by atoms with Crippen LogP contribution in [0.25, 0.3) is 10.1 Å². The minimum Gasteiger partial charge on any atom is -0.389 e. The predicted octanol–water partition coefficient (Wildman–Crippen LogP) is 1.51. The molecule has 0 spiro atoms. The summed E-state index contributed by atoms with van der Waals surface area (Å²) in [5, 5.41) is 25.8. The van der Waals surface area contributed by atoms with Crippen molar-refractivity contribution in [3.8, 4) is 0 Å². The van der Waals surface area contributed by atoms with Crippen LogP contribution in [0.2, 0.25) is 0 Å². The number of nitrogens with one attached hydrogen (secondary N) is 1. The van der Waals surface area contributed by atoms with Gasteiger partial charge >= 0.3 is 0 Å². The van der Waals surface area contributed by atoms with Crippen molar-refractivity contribution < 1.29 is 10.2 Å². The zero-order valence-corrected chi connectivity index (χ0v) is 9.87. The Morgan fingerprint density at radius 2 is 2.12 bits per heavy atom. The Balaban J connectivity index is 2.35. The highest BCUT2D eigenvalue weighted by Gasteiger charge is 2.19. The van der Waals surface area contributed by atoms with Gasteiger partial charge in [0.25, 0.3) is 0 Å². The van der Waals surface area contributed by atoms with Crippen LogP contribution < -0.4 is 5.32 Å². The quantitative estimate of drug-likeness (QED) is 0.755. The summed E-state index contributed by atoms with van der Waals surface area (Å²) in [5.74, 6) is 0. The molecule has 16 heavy (non-hydrogen) atoms. The second-order valence-corrected chi connectivity index (χ2v) is 4.67. The third kappa shape index (κ3) is 2.10. The first-order valence-electron chi connectivity index (χ1n) is 5.21. The van der Waals surface area contributed by atoms with Crippen molar-refractivity contribution >= 4 is 21.4 Å². The van der Waals surface area contributed by atoms with Crippen molar-refractivity contribution in [2.24, 2.45) is 0 Å². The molecule has 2 atom stereocenters. The summed E-state index contributed by atoms with van der Waals surface area (Å²) < 4.78 is 1.05. The fraction of sp³-hybridized carbons (Fsp3) is 0.333. The van der Waals surface area contributed by atoms with Gasteiger partial charge in [-0.2, -0.15) is 0 Å². The van der Waals surface area contributed by atoms with E-state index in [-0.39, 0.29) is 0 Å². The van der Waals surface area contributed by atoms with E-state index in [1.165, 1.54) is 0 Å². The summed E-state index contributed by atoms with van der Waals surface area (Å²) >= 11 is 1.59. The van der Waals surface area contributed by atoms with Gasteiger partial charge in [0.15, 0.2) is 0 Å². The average molecular weight is 237 g/mol. The molecule has 2 unspecified atom stereocenters. The maximum Gasteiger partial charge on any atom is 0.107 e. The SMILES string of the molecule is CNCC(O)C(O)c1cccc2ccsc12. The predicted molar refractivity (Wildman–Crippen MR) is 66.7 cm³/mol. The number of fused-ring (bicyclic) bond motifs is 1. The van der Waals surface area contributed by atoms with Crippen LogP contribution in [-0.4, -0.2) is 29.9 Å². The highest BCUT2D eigenvalue weighted by Crippen LogP contribution is 2.30. The molecule has 86 valence electrons. The van der Waals surface area contributed by atoms with E-state index in [0.29, 0.717) is 6.54 Å². The van der Waals surface area contributed by atoms with Crippen LogP contribution in [0.15, 0.2) is 29.6 Å². The molecule has 4 heteroatoms. The number of likely N-dealkylation sites (N-methyl/N-ethyl adjacent to an activating group) is 1. The molecule has 0 saturated heterocycles. The third-order valence-corrected chi connectivity index (χ3v) is 3.59. The molecule has 1 aromatic heterocycles. The van der Waals surface area contributed by atoms with Gasteiger partial charge in [-0.15, -0.1) is 11.3 Å². The summed E-state index contributed by atoms with van der Waals surface area (Å²) in [6.45, 7) is 0.378. The van der Waals surface area contributed by atoms with E-state index in [1.807, 2.05) is 29.6 Å². The van der Waals surface area contributed by atoms with E-state index in [2.05, 4.69) is 5.32 Å². The van der Waals surface area contributed by atoms with Crippen molar-refractivity contribution in [3.63, 3.8) is 0 Å². The lowest BCUT2D eigenvalue weighted by Gasteiger charge is -2.18. The minimum absolute atomic E-state index is 0.378. The van der Waals surface area contributed by atoms with Gasteiger partial charge in [-0.05, 0) is 23.9 Å². The first kappa shape index (κ1) is 11.5. The Kier molecular flexibility index (Phi) is 3.56. The van der Waals surface area contributed by atoms with E-state index in [1.54, 1.807) is 18.4 Å². The smallest absolute Gasteiger partial charge is 0.107 e. The summed E-state index contributed by atoms with van der Waals surface area (Å²) in [4.78, 5) is 0. The topological polar surface area (TPSA) is 52.5 Å². The standard InChI is InChI=1S/C12H15NO2S/c1-13-7-10(14)11(15)9-4-2-3-8-5-6-16-12(8)9/h2-6,10-11,13-15H,7H2,1H3. The van der Waals surface area contributed by atoms with Crippen molar-refractivity contribution in [1.82, 2.24) is 5.32 Å². The maximum atomic E-state index is 10.1. The molecule has 0 bridgehead atoms. The number of hydrogen-bond acceptors (Lipinski definition) is 4. The van der Waals surface area contributed by atoms with E-state index in [0.717, 1.165) is 15.6 Å². The number of aliphatic hydroxyl groups is 2. The van der Waals surface area contributed by atoms with Gasteiger partial charge in [0.1, 0.15) is 6.10 Å². The second kappa shape index (κ2) is 4.93. The van der Waals surface area contributed by atoms with Crippen LogP contribution in [0.5, 0.6) is 0 Å². The molecule has 0 amide bonds. The van der Waals surface area contributed by atoms with Gasteiger partial charge in [0, 0.05) is 16.8 Å². The molecule has 0 radical (unpaired) electrons. The van der Waals surface area contributed by atoms with Crippen molar-refractivity contribution in [2.75, 3.05) is 13.6 Å². The summed E-state index contributed by atoms with van der Waals surface area (Å²) in [6, 6.07) is 7.79. The average Bonchev–Trinajstić information content (AvgIpc) is 2.76. The molecule has 1 aromatic carbocycles. The lowest BCUT2D eigenvalue weighted by molar-refractivity contribution is 0.0212. The van der Waals surface area contributed by atoms with Crippen LogP contribution in [0, 0.1) is 0 Å². The van der Waals surface area contributed by atoms with Crippen molar-refractivity contribution in [1.29, 1.82) is 0 Å². The number of aliphatic hydroxyl groups excluding tert-OH is 2. The van der Waals surface area contributed by atoms with Gasteiger partial charge in [-0.3, -0.25) is 0 Å². The molecule has 0 aliphatic carbocycles. The normalized spacial score (nSPS) is 15.2. The van der Waals surface area contributed by atoms with Gasteiger partial charge < -0.3 is 15.5 Å². The molecule has 0 fully saturated rings. The number of benzene rings is 1. The second-order valence-electron chi connectivity index (χ2n) is 3.76. The molecule has 1 heterocycles. The first-order valence-corrected chi connectivity index (χ1v) is 6.09. The zero-order chi connectivity index (χ0) is 11.5. The van der Waals surface area contributed by atoms with E-state index >= 15 is 0 Å². The zero-order valence-electron chi connectivity index (χ0n) is 9.05. The lowest BCUT2D eigenvalue weighted by Crippen LogP contribution is -2.29. The summed E-state index contributed by atoms with van der Waals surface area (Å²) in [7, 11) is 1.75. The van der Waals surface area contributed by atoms with E-state index in [9.17, 15) is 10.2 Å². The largest absolute Gasteiger partial charge is 0.389 e. The maximum absolute atomic E-state index is 10.1. The summed E-state index contributed by atoms with van der Waals surface area (Å²) in [6.07, 6.45) is -1.62. The molecule has 2 aromatic rings. The Bertz CT molecular complexity index is 469. The Morgan fingerprint density at radius 3 is 2.88 bits per heavy atom. The van der Waals surface area contributed by atoms with Crippen LogP contribution in [0.4, 0.5) is 0 Å². The Morgan fingerprint density at radius 1 is 1.31 bits per heavy atom. The van der Waals surface area contributed by atoms with Gasteiger partial charge in [0.05, 0.1) is 6.10 Å². The van der Waals surface area contributed by atoms with Gasteiger partial charge in [0.2, 0.25) is 0 Å². The van der Waals surface area contributed by atoms with Crippen LogP contribution >= 0.6 is 11.3 Å². The van der Waals surface area contributed by atoms with Gasteiger partial charge in [-0.1, -0.05) is 18.2 Å². The van der Waals surface area contributed by atoms with Crippen LogP contribution in [0.3, 0.4) is 0 Å². The molecule has 3 nitrogen and oxygen atoms in total. The minimum atomic E-state index is -0.838. The molecule has 0 aliphatic rings. The monoisotopic (exact) mass is 237 g/mol. The fourth-order valence-electron chi connectivity index (χ4n) is 1.78. The number of rotatable bonds is 4. The van der Waals surface area contributed by atoms with Crippen molar-refractivity contribution in [2.45, 2.75) is 12.2 Å². The van der Waals surface area contributed by atoms with E-state index < -0.39 is 12.2 Å². The Labute approximate surface area is 98.4 Å². The molecular formula is C12H15NO2S. The molecule has 3 N–H and O–H groups in total. The molecule has 0 saturated carbocycles. The Hall–Kier alpha value is -0.940. The first-order chi connectivity index (χ1) is 7.74. The highest BCUT2D eigenvalue weighted by atomic mass is 32.1. The number of hydrogen-bond donors (Lipinski definition) is 3. The van der Waals surface area contributed by atoms with Crippen molar-refractivity contribution in [3.05, 3.63) is 35.2 Å². The third-order valence-electron chi connectivity index (χ3n) is 2.61. The van der Waals surface area contributed by atoms with E-state index in [4.69, 9.17) is 0 Å². The highest BCUT2D eigenvalue weighted by molar-refractivity contribution is 7.17. The number of thiophene rings is 1.